The number of benzene rings is 2. The number of carbonyl (C=O) groups is 4. The molecule has 48 heavy (non-hydrogen) atoms. The lowest BCUT2D eigenvalue weighted by Crippen LogP contribution is -2.59. The number of aldehydes is 1. The van der Waals surface area contributed by atoms with E-state index in [0.717, 1.165) is 22.4 Å². The third kappa shape index (κ3) is 8.19. The molecule has 0 bridgehead atoms. The van der Waals surface area contributed by atoms with Crippen LogP contribution in [0.4, 0.5) is 4.39 Å². The van der Waals surface area contributed by atoms with Crippen LogP contribution in [0.5, 0.6) is 11.5 Å². The maximum Gasteiger partial charge on any atom is 0.258 e. The van der Waals surface area contributed by atoms with Crippen LogP contribution in [0.1, 0.15) is 61.6 Å². The van der Waals surface area contributed by atoms with Crippen LogP contribution in [-0.4, -0.2) is 82.6 Å². The second-order valence-electron chi connectivity index (χ2n) is 13.3. The molecular weight excluding hydrogens is 639 g/mol. The van der Waals surface area contributed by atoms with E-state index >= 15 is 0 Å². The monoisotopic (exact) mass is 680 g/mol. The van der Waals surface area contributed by atoms with Crippen LogP contribution in [0.25, 0.3) is 10.4 Å². The van der Waals surface area contributed by atoms with Crippen molar-refractivity contribution in [3.05, 3.63) is 64.8 Å². The number of alkyl halides is 1. The van der Waals surface area contributed by atoms with Crippen molar-refractivity contribution < 1.29 is 38.1 Å². The van der Waals surface area contributed by atoms with E-state index in [1.54, 1.807) is 50.5 Å². The zero-order valence-corrected chi connectivity index (χ0v) is 28.3. The molecule has 2 aromatic carbocycles. The maximum absolute atomic E-state index is 14.5. The Labute approximate surface area is 282 Å². The van der Waals surface area contributed by atoms with Crippen LogP contribution in [0.2, 0.25) is 0 Å². The van der Waals surface area contributed by atoms with Crippen molar-refractivity contribution >= 4 is 35.3 Å². The first-order valence-corrected chi connectivity index (χ1v) is 16.8. The van der Waals surface area contributed by atoms with Gasteiger partial charge in [-0.25, -0.2) is 9.37 Å². The predicted octanol–water partition coefficient (Wildman–Crippen LogP) is 4.00. The lowest BCUT2D eigenvalue weighted by molar-refractivity contribution is -0.145. The number of halogens is 1. The molecule has 3 aromatic rings. The zero-order chi connectivity index (χ0) is 34.6. The van der Waals surface area contributed by atoms with Gasteiger partial charge in [-0.15, -0.1) is 11.3 Å². The van der Waals surface area contributed by atoms with E-state index in [-0.39, 0.29) is 45.6 Å². The van der Waals surface area contributed by atoms with Gasteiger partial charge in [-0.2, -0.15) is 0 Å². The smallest absolute Gasteiger partial charge is 0.258 e. The third-order valence-corrected chi connectivity index (χ3v) is 9.48. The molecule has 1 saturated heterocycles. The average molecular weight is 681 g/mol. The van der Waals surface area contributed by atoms with Gasteiger partial charge in [0, 0.05) is 30.6 Å². The van der Waals surface area contributed by atoms with E-state index in [9.17, 15) is 28.7 Å². The Morgan fingerprint density at radius 1 is 1.15 bits per heavy atom. The molecule has 5 rings (SSSR count). The minimum Gasteiger partial charge on any atom is -0.490 e. The summed E-state index contributed by atoms with van der Waals surface area (Å²) >= 11 is 1.50. The first-order chi connectivity index (χ1) is 22.8. The number of aliphatic hydroxyl groups is 1. The highest BCUT2D eigenvalue weighted by Crippen LogP contribution is 2.40. The first kappa shape index (κ1) is 35.0. The molecule has 1 aromatic heterocycles. The predicted molar refractivity (Wildman–Crippen MR) is 178 cm³/mol. The SMILES string of the molecule is Cc1ncsc1-c1ccc(CNC(=O)C2CC(O)CN2C(=O)C(NC(=O)C2(F)CC2)C(C)(C)C)c(OCCOc2ccc(C=O)cc2)c1. The molecule has 3 amide bonds. The Hall–Kier alpha value is -4.36. The normalized spacial score (nSPS) is 18.9. The molecule has 11 nitrogen and oxygen atoms in total. The van der Waals surface area contributed by atoms with Crippen molar-refractivity contribution in [1.82, 2.24) is 20.5 Å². The summed E-state index contributed by atoms with van der Waals surface area (Å²) in [5, 5.41) is 16.0. The number of rotatable bonds is 13. The van der Waals surface area contributed by atoms with Crippen LogP contribution in [0.3, 0.4) is 0 Å². The molecule has 2 aliphatic rings. The topological polar surface area (TPSA) is 147 Å². The van der Waals surface area contributed by atoms with E-state index < -0.39 is 47.0 Å². The summed E-state index contributed by atoms with van der Waals surface area (Å²) in [5.41, 5.74) is 2.03. The Morgan fingerprint density at radius 3 is 2.48 bits per heavy atom. The fraction of sp³-hybridized carbons (Fsp3) is 0.457. The number of aromatic nitrogens is 1. The van der Waals surface area contributed by atoms with Crippen LogP contribution < -0.4 is 20.1 Å². The quantitative estimate of drug-likeness (QED) is 0.181. The fourth-order valence-corrected chi connectivity index (χ4v) is 6.33. The van der Waals surface area contributed by atoms with Crippen molar-refractivity contribution in [2.24, 2.45) is 5.41 Å². The van der Waals surface area contributed by atoms with Gasteiger partial charge in [-0.3, -0.25) is 19.2 Å². The van der Waals surface area contributed by atoms with Crippen molar-refractivity contribution in [3.63, 3.8) is 0 Å². The molecule has 1 aliphatic carbocycles. The summed E-state index contributed by atoms with van der Waals surface area (Å²) in [6.45, 7) is 7.58. The highest BCUT2D eigenvalue weighted by atomic mass is 32.1. The van der Waals surface area contributed by atoms with Crippen molar-refractivity contribution in [2.45, 2.75) is 77.4 Å². The minimum atomic E-state index is -1.96. The van der Waals surface area contributed by atoms with E-state index in [0.29, 0.717) is 22.6 Å². The van der Waals surface area contributed by atoms with Crippen molar-refractivity contribution in [2.75, 3.05) is 19.8 Å². The van der Waals surface area contributed by atoms with Gasteiger partial charge in [0.25, 0.3) is 5.91 Å². The maximum atomic E-state index is 14.5. The minimum absolute atomic E-state index is 0.0214. The Morgan fingerprint density at radius 2 is 1.85 bits per heavy atom. The van der Waals surface area contributed by atoms with Gasteiger partial charge in [-0.1, -0.05) is 32.9 Å². The molecule has 3 N–H and O–H groups in total. The summed E-state index contributed by atoms with van der Waals surface area (Å²) in [7, 11) is 0. The van der Waals surface area contributed by atoms with Crippen molar-refractivity contribution in [1.29, 1.82) is 0 Å². The number of aryl methyl sites for hydroxylation is 1. The zero-order valence-electron chi connectivity index (χ0n) is 27.5. The lowest BCUT2D eigenvalue weighted by atomic mass is 9.85. The largest absolute Gasteiger partial charge is 0.490 e. The van der Waals surface area contributed by atoms with E-state index in [4.69, 9.17) is 9.47 Å². The molecule has 1 saturated carbocycles. The molecule has 2 fully saturated rings. The van der Waals surface area contributed by atoms with E-state index in [2.05, 4.69) is 15.6 Å². The number of ether oxygens (including phenoxy) is 2. The lowest BCUT2D eigenvalue weighted by Gasteiger charge is -2.35. The average Bonchev–Trinajstić information content (AvgIpc) is 3.47. The number of likely N-dealkylation sites (tertiary alicyclic amines) is 1. The van der Waals surface area contributed by atoms with Gasteiger partial charge in [0.2, 0.25) is 11.8 Å². The van der Waals surface area contributed by atoms with Gasteiger partial charge < -0.3 is 30.1 Å². The Kier molecular flexibility index (Phi) is 10.5. The molecule has 13 heteroatoms. The van der Waals surface area contributed by atoms with Crippen LogP contribution in [0.15, 0.2) is 48.0 Å². The van der Waals surface area contributed by atoms with Crippen LogP contribution in [0, 0.1) is 12.3 Å². The molecule has 1 aliphatic heterocycles. The Bertz CT molecular complexity index is 1650. The molecule has 3 atom stereocenters. The highest BCUT2D eigenvalue weighted by Gasteiger charge is 2.53. The number of hydrogen-bond acceptors (Lipinski definition) is 9. The fourth-order valence-electron chi connectivity index (χ4n) is 5.53. The number of thiazole rings is 1. The molecule has 3 unspecified atom stereocenters. The summed E-state index contributed by atoms with van der Waals surface area (Å²) in [6, 6.07) is 10.3. The van der Waals surface area contributed by atoms with E-state index in [1.807, 2.05) is 25.1 Å². The molecule has 2 heterocycles. The summed E-state index contributed by atoms with van der Waals surface area (Å²) in [4.78, 5) is 57.4. The number of carbonyl (C=O) groups excluding carboxylic acids is 4. The number of nitrogens with one attached hydrogen (secondary N) is 2. The Balaban J connectivity index is 1.27. The van der Waals surface area contributed by atoms with Gasteiger partial charge in [0.15, 0.2) is 5.67 Å². The van der Waals surface area contributed by atoms with Crippen molar-refractivity contribution in [3.8, 4) is 21.9 Å². The summed E-state index contributed by atoms with van der Waals surface area (Å²) < 4.78 is 26.4. The van der Waals surface area contributed by atoms with Gasteiger partial charge in [-0.05, 0) is 61.1 Å². The number of amides is 3. The second-order valence-corrected chi connectivity index (χ2v) is 14.2. The van der Waals surface area contributed by atoms with Gasteiger partial charge >= 0.3 is 0 Å². The third-order valence-electron chi connectivity index (χ3n) is 8.50. The highest BCUT2D eigenvalue weighted by molar-refractivity contribution is 7.13. The van der Waals surface area contributed by atoms with E-state index in [1.165, 1.54) is 16.2 Å². The number of aliphatic hydroxyl groups excluding tert-OH is 1. The number of nitrogens with zero attached hydrogens (tertiary/aromatic N) is 2. The standard InChI is InChI=1S/C35H41FN4O7S/c1-21-29(48-20-38-21)23-7-8-24(28(15-23)47-14-13-46-26-9-5-22(19-41)6-10-26)17-37-31(43)27-16-25(42)18-40(27)32(44)30(34(2,3)4)39-33(45)35(36)11-12-35/h5-10,15,19-20,25,27,30,42H,11-14,16-18H2,1-4H3,(H,37,43)(H,39,45). The molecular formula is C35H41FN4O7S. The number of hydrogen-bond donors (Lipinski definition) is 3. The van der Waals surface area contributed by atoms with Gasteiger partial charge in [0.05, 0.1) is 22.2 Å². The molecule has 256 valence electrons. The second kappa shape index (κ2) is 14.4. The van der Waals surface area contributed by atoms with Crippen LogP contribution >= 0.6 is 11.3 Å². The molecule has 0 spiro atoms. The summed E-state index contributed by atoms with van der Waals surface area (Å²) in [5.74, 6) is -0.740. The first-order valence-electron chi connectivity index (χ1n) is 15.9. The summed E-state index contributed by atoms with van der Waals surface area (Å²) in [6.07, 6.45) is 0.0593. The van der Waals surface area contributed by atoms with Crippen LogP contribution in [-0.2, 0) is 20.9 Å². The van der Waals surface area contributed by atoms with Gasteiger partial charge in [0.1, 0.15) is 43.1 Å². The molecule has 0 radical (unpaired) electrons. The number of β-amino-alcohol motifs (C(OH)–C–C–N with tert-alkyl or cyclic N) is 1.